The van der Waals surface area contributed by atoms with E-state index in [2.05, 4.69) is 19.9 Å². The summed E-state index contributed by atoms with van der Waals surface area (Å²) in [6.45, 7) is 5.52. The van der Waals surface area contributed by atoms with Gasteiger partial charge in [-0.15, -0.1) is 0 Å². The number of carbonyl (C=O) groups is 2. The fraction of sp³-hybridized carbons (Fsp3) is 0.889. The summed E-state index contributed by atoms with van der Waals surface area (Å²) in [5, 5.41) is 0. The summed E-state index contributed by atoms with van der Waals surface area (Å²) in [7, 11) is 0. The van der Waals surface area contributed by atoms with Crippen molar-refractivity contribution in [2.45, 2.75) is 194 Å². The number of ether oxygens (including phenoxy) is 2. The first-order valence-corrected chi connectivity index (χ1v) is 17.7. The molecule has 0 saturated heterocycles. The third-order valence-electron chi connectivity index (χ3n) is 7.75. The van der Waals surface area contributed by atoms with Gasteiger partial charge in [-0.25, -0.2) is 0 Å². The summed E-state index contributed by atoms with van der Waals surface area (Å²) in [5.74, 6) is -0.126. The second-order valence-corrected chi connectivity index (χ2v) is 11.8. The molecule has 0 aromatic carbocycles. The maximum Gasteiger partial charge on any atom is 0.306 e. The molecule has 0 radical (unpaired) electrons. The summed E-state index contributed by atoms with van der Waals surface area (Å²) < 4.78 is 10.7. The Morgan fingerprint density at radius 1 is 0.425 bits per heavy atom. The van der Waals surface area contributed by atoms with Crippen molar-refractivity contribution in [1.29, 1.82) is 0 Å². The number of unbranched alkanes of at least 4 members (excludes halogenated alkanes) is 23. The van der Waals surface area contributed by atoms with Crippen LogP contribution in [0.3, 0.4) is 0 Å². The fourth-order valence-corrected chi connectivity index (χ4v) is 5.07. The van der Waals surface area contributed by atoms with E-state index in [1.807, 2.05) is 6.08 Å². The Kier molecular flexibility index (Phi) is 32.8. The summed E-state index contributed by atoms with van der Waals surface area (Å²) in [6.07, 6.45) is 37.5. The minimum Gasteiger partial charge on any atom is -0.466 e. The van der Waals surface area contributed by atoms with Crippen molar-refractivity contribution in [1.82, 2.24) is 0 Å². The molecule has 0 N–H and O–H groups in total. The van der Waals surface area contributed by atoms with Gasteiger partial charge in [0, 0.05) is 12.8 Å². The SMILES string of the molecule is CCCCCCCCCCC/C=C/COC(=O)CCCCCCCCC(=O)OCCCCCCCCCCCC. The first-order valence-electron chi connectivity index (χ1n) is 17.7. The molecule has 0 spiro atoms. The van der Waals surface area contributed by atoms with Crippen LogP contribution in [-0.4, -0.2) is 25.2 Å². The first kappa shape index (κ1) is 38.7. The zero-order chi connectivity index (χ0) is 29.2. The topological polar surface area (TPSA) is 52.6 Å². The van der Waals surface area contributed by atoms with Gasteiger partial charge < -0.3 is 9.47 Å². The molecule has 0 unspecified atom stereocenters. The summed E-state index contributed by atoms with van der Waals surface area (Å²) in [5.41, 5.74) is 0. The highest BCUT2D eigenvalue weighted by Crippen LogP contribution is 2.13. The number of hydrogen-bond donors (Lipinski definition) is 0. The zero-order valence-electron chi connectivity index (χ0n) is 27.0. The molecule has 0 atom stereocenters. The van der Waals surface area contributed by atoms with Crippen molar-refractivity contribution in [3.05, 3.63) is 12.2 Å². The molecule has 0 rings (SSSR count). The van der Waals surface area contributed by atoms with E-state index in [9.17, 15) is 9.59 Å². The molecule has 0 bridgehead atoms. The average Bonchev–Trinajstić information content (AvgIpc) is 2.95. The van der Waals surface area contributed by atoms with Crippen LogP contribution in [-0.2, 0) is 19.1 Å². The lowest BCUT2D eigenvalue weighted by Gasteiger charge is -2.06. The van der Waals surface area contributed by atoms with Gasteiger partial charge in [-0.05, 0) is 32.1 Å². The molecular formula is C36H68O4. The van der Waals surface area contributed by atoms with Gasteiger partial charge in [-0.3, -0.25) is 9.59 Å². The van der Waals surface area contributed by atoms with E-state index in [0.29, 0.717) is 26.1 Å². The lowest BCUT2D eigenvalue weighted by atomic mass is 10.1. The number of carbonyl (C=O) groups excluding carboxylic acids is 2. The third-order valence-corrected chi connectivity index (χ3v) is 7.75. The highest BCUT2D eigenvalue weighted by Gasteiger charge is 2.04. The largest absolute Gasteiger partial charge is 0.466 e. The van der Waals surface area contributed by atoms with E-state index >= 15 is 0 Å². The number of rotatable bonds is 32. The van der Waals surface area contributed by atoms with Gasteiger partial charge in [0.15, 0.2) is 0 Å². The Morgan fingerprint density at radius 2 is 0.800 bits per heavy atom. The van der Waals surface area contributed by atoms with Gasteiger partial charge in [0.1, 0.15) is 6.61 Å². The van der Waals surface area contributed by atoms with Crippen molar-refractivity contribution in [3.63, 3.8) is 0 Å². The van der Waals surface area contributed by atoms with Crippen LogP contribution in [0.1, 0.15) is 194 Å². The van der Waals surface area contributed by atoms with Gasteiger partial charge in [-0.2, -0.15) is 0 Å². The van der Waals surface area contributed by atoms with E-state index in [4.69, 9.17) is 9.47 Å². The molecule has 0 aliphatic heterocycles. The molecule has 4 nitrogen and oxygen atoms in total. The average molecular weight is 565 g/mol. The predicted molar refractivity (Wildman–Crippen MR) is 172 cm³/mol. The molecule has 0 aliphatic carbocycles. The van der Waals surface area contributed by atoms with Gasteiger partial charge in [0.25, 0.3) is 0 Å². The first-order chi connectivity index (χ1) is 19.7. The van der Waals surface area contributed by atoms with Crippen LogP contribution in [0.2, 0.25) is 0 Å². The van der Waals surface area contributed by atoms with Gasteiger partial charge in [0.2, 0.25) is 0 Å². The van der Waals surface area contributed by atoms with Crippen LogP contribution in [0.5, 0.6) is 0 Å². The molecule has 0 aromatic rings. The lowest BCUT2D eigenvalue weighted by Crippen LogP contribution is -2.05. The Labute approximate surface area is 249 Å². The number of esters is 2. The smallest absolute Gasteiger partial charge is 0.306 e. The third kappa shape index (κ3) is 32.9. The molecule has 0 saturated carbocycles. The molecule has 236 valence electrons. The molecule has 0 fully saturated rings. The quantitative estimate of drug-likeness (QED) is 0.0463. The summed E-state index contributed by atoms with van der Waals surface area (Å²) >= 11 is 0. The Bertz CT molecular complexity index is 557. The fourth-order valence-electron chi connectivity index (χ4n) is 5.07. The second kappa shape index (κ2) is 33.9. The van der Waals surface area contributed by atoms with Crippen molar-refractivity contribution in [2.24, 2.45) is 0 Å². The Morgan fingerprint density at radius 3 is 1.27 bits per heavy atom. The minimum atomic E-state index is -0.0853. The zero-order valence-corrected chi connectivity index (χ0v) is 27.0. The molecule has 0 aromatic heterocycles. The van der Waals surface area contributed by atoms with Crippen LogP contribution in [0.25, 0.3) is 0 Å². The highest BCUT2D eigenvalue weighted by molar-refractivity contribution is 5.69. The van der Waals surface area contributed by atoms with Gasteiger partial charge in [-0.1, -0.05) is 161 Å². The molecule has 0 heterocycles. The van der Waals surface area contributed by atoms with E-state index < -0.39 is 0 Å². The summed E-state index contributed by atoms with van der Waals surface area (Å²) in [6, 6.07) is 0. The number of hydrogen-bond acceptors (Lipinski definition) is 4. The van der Waals surface area contributed by atoms with Gasteiger partial charge >= 0.3 is 11.9 Å². The maximum atomic E-state index is 11.9. The van der Waals surface area contributed by atoms with Crippen LogP contribution in [0.15, 0.2) is 12.2 Å². The number of allylic oxidation sites excluding steroid dienone is 1. The Hall–Kier alpha value is -1.32. The molecule has 0 aliphatic rings. The molecule has 40 heavy (non-hydrogen) atoms. The highest BCUT2D eigenvalue weighted by atomic mass is 16.5. The van der Waals surface area contributed by atoms with Crippen LogP contribution in [0, 0.1) is 0 Å². The second-order valence-electron chi connectivity index (χ2n) is 11.8. The van der Waals surface area contributed by atoms with E-state index in [0.717, 1.165) is 51.4 Å². The normalized spacial score (nSPS) is 11.3. The monoisotopic (exact) mass is 565 g/mol. The standard InChI is InChI=1S/C36H68O4/c1-3-5-7-9-11-13-15-16-18-22-26-30-34-40-36(38)32-28-24-20-19-23-27-31-35(37)39-33-29-25-21-17-14-12-10-8-6-4-2/h26,30H,3-25,27-29,31-34H2,1-2H3/b30-26+. The Balaban J connectivity index is 3.30. The van der Waals surface area contributed by atoms with E-state index in [1.165, 1.54) is 116 Å². The van der Waals surface area contributed by atoms with E-state index in [-0.39, 0.29) is 11.9 Å². The maximum absolute atomic E-state index is 11.9. The van der Waals surface area contributed by atoms with E-state index in [1.54, 1.807) is 0 Å². The van der Waals surface area contributed by atoms with Crippen molar-refractivity contribution >= 4 is 11.9 Å². The molecule has 0 amide bonds. The van der Waals surface area contributed by atoms with Crippen LogP contribution < -0.4 is 0 Å². The van der Waals surface area contributed by atoms with Crippen LogP contribution in [0.4, 0.5) is 0 Å². The van der Waals surface area contributed by atoms with Crippen molar-refractivity contribution in [3.8, 4) is 0 Å². The predicted octanol–water partition coefficient (Wildman–Crippen LogP) is 11.6. The minimum absolute atomic E-state index is 0.0408. The van der Waals surface area contributed by atoms with Gasteiger partial charge in [0.05, 0.1) is 6.61 Å². The van der Waals surface area contributed by atoms with Crippen molar-refractivity contribution in [2.75, 3.05) is 13.2 Å². The molecular weight excluding hydrogens is 496 g/mol. The summed E-state index contributed by atoms with van der Waals surface area (Å²) in [4.78, 5) is 23.7. The lowest BCUT2D eigenvalue weighted by molar-refractivity contribution is -0.144. The van der Waals surface area contributed by atoms with Crippen LogP contribution >= 0.6 is 0 Å². The molecule has 4 heteroatoms. The van der Waals surface area contributed by atoms with Crippen molar-refractivity contribution < 1.29 is 19.1 Å².